The van der Waals surface area contributed by atoms with Crippen LogP contribution in [0.4, 0.5) is 0 Å². The van der Waals surface area contributed by atoms with Crippen LogP contribution < -0.4 is 0 Å². The van der Waals surface area contributed by atoms with Crippen LogP contribution in [0.5, 0.6) is 0 Å². The molecule has 1 heterocycles. The average Bonchev–Trinajstić information content (AvgIpc) is 2.64. The molecule has 4 nitrogen and oxygen atoms in total. The van der Waals surface area contributed by atoms with Gasteiger partial charge in [0.2, 0.25) is 11.8 Å². The van der Waals surface area contributed by atoms with Gasteiger partial charge in [0.25, 0.3) is 0 Å². The van der Waals surface area contributed by atoms with E-state index in [1.165, 1.54) is 24.2 Å². The molecule has 0 aromatic heterocycles. The molecule has 0 aromatic rings. The third kappa shape index (κ3) is 2.06. The van der Waals surface area contributed by atoms with Crippen molar-refractivity contribution in [3.63, 3.8) is 0 Å². The Morgan fingerprint density at radius 1 is 1.14 bits per heavy atom. The molecule has 5 rings (SSSR count). The van der Waals surface area contributed by atoms with Crippen molar-refractivity contribution in [3.8, 4) is 0 Å². The highest BCUT2D eigenvalue weighted by molar-refractivity contribution is 6.03. The SMILES string of the molecule is CC1CC(=O)N(CC(O)C23CC4CC(CC(C4)C2)C3)C1=O. The van der Waals surface area contributed by atoms with Gasteiger partial charge in [-0.05, 0) is 61.7 Å². The Hall–Kier alpha value is -0.900. The Labute approximate surface area is 125 Å². The van der Waals surface area contributed by atoms with E-state index in [-0.39, 0.29) is 29.7 Å². The average molecular weight is 291 g/mol. The minimum absolute atomic E-state index is 0.0128. The minimum atomic E-state index is -0.524. The first-order chi connectivity index (χ1) is 9.97. The number of hydrogen-bond donors (Lipinski definition) is 1. The molecular weight excluding hydrogens is 266 g/mol. The van der Waals surface area contributed by atoms with Gasteiger partial charge in [-0.2, -0.15) is 0 Å². The Kier molecular flexibility index (Phi) is 2.97. The summed E-state index contributed by atoms with van der Waals surface area (Å²) in [7, 11) is 0. The van der Waals surface area contributed by atoms with Crippen LogP contribution in [0.2, 0.25) is 0 Å². The number of hydrogen-bond acceptors (Lipinski definition) is 3. The molecule has 2 unspecified atom stereocenters. The standard InChI is InChI=1S/C17H25NO3/c1-10-2-15(20)18(16(10)21)9-14(19)17-6-11-3-12(7-17)5-13(4-11)8-17/h10-14,19H,2-9H2,1H3. The summed E-state index contributed by atoms with van der Waals surface area (Å²) in [5.74, 6) is 1.92. The molecular formula is C17H25NO3. The van der Waals surface area contributed by atoms with Gasteiger partial charge in [0.05, 0.1) is 12.6 Å². The summed E-state index contributed by atoms with van der Waals surface area (Å²) in [5.41, 5.74) is -0.0128. The molecule has 4 heteroatoms. The van der Waals surface area contributed by atoms with Crippen LogP contribution in [0.3, 0.4) is 0 Å². The summed E-state index contributed by atoms with van der Waals surface area (Å²) in [6.07, 6.45) is 7.11. The van der Waals surface area contributed by atoms with Crippen molar-refractivity contribution in [3.05, 3.63) is 0 Å². The topological polar surface area (TPSA) is 57.6 Å². The highest BCUT2D eigenvalue weighted by Gasteiger charge is 2.54. The Morgan fingerprint density at radius 3 is 2.10 bits per heavy atom. The second-order valence-electron chi connectivity index (χ2n) is 8.24. The fourth-order valence-corrected chi connectivity index (χ4v) is 5.99. The first-order valence-electron chi connectivity index (χ1n) is 8.49. The maximum Gasteiger partial charge on any atom is 0.232 e. The van der Waals surface area contributed by atoms with E-state index in [4.69, 9.17) is 0 Å². The third-order valence-corrected chi connectivity index (χ3v) is 6.62. The molecule has 2 atom stereocenters. The van der Waals surface area contributed by atoms with Crippen molar-refractivity contribution < 1.29 is 14.7 Å². The predicted octanol–water partition coefficient (Wildman–Crippen LogP) is 1.96. The van der Waals surface area contributed by atoms with E-state index in [9.17, 15) is 14.7 Å². The van der Waals surface area contributed by atoms with Crippen molar-refractivity contribution in [2.24, 2.45) is 29.1 Å². The molecule has 2 amide bonds. The molecule has 1 N–H and O–H groups in total. The Bertz CT molecular complexity index is 451. The van der Waals surface area contributed by atoms with Gasteiger partial charge in [-0.1, -0.05) is 6.92 Å². The van der Waals surface area contributed by atoms with Gasteiger partial charge < -0.3 is 5.11 Å². The van der Waals surface area contributed by atoms with Crippen molar-refractivity contribution in [1.29, 1.82) is 0 Å². The lowest BCUT2D eigenvalue weighted by Gasteiger charge is -2.58. The number of nitrogens with zero attached hydrogens (tertiary/aromatic N) is 1. The normalized spacial score (nSPS) is 46.5. The fraction of sp³-hybridized carbons (Fsp3) is 0.882. The second-order valence-corrected chi connectivity index (χ2v) is 8.24. The molecule has 1 saturated heterocycles. The van der Waals surface area contributed by atoms with Crippen molar-refractivity contribution in [1.82, 2.24) is 4.90 Å². The van der Waals surface area contributed by atoms with Gasteiger partial charge in [0.1, 0.15) is 0 Å². The summed E-state index contributed by atoms with van der Waals surface area (Å²) in [4.78, 5) is 25.4. The van der Waals surface area contributed by atoms with E-state index in [0.29, 0.717) is 6.42 Å². The van der Waals surface area contributed by atoms with E-state index in [0.717, 1.165) is 37.0 Å². The maximum atomic E-state index is 12.1. The van der Waals surface area contributed by atoms with Crippen LogP contribution in [-0.2, 0) is 9.59 Å². The van der Waals surface area contributed by atoms with Crippen molar-refractivity contribution >= 4 is 11.8 Å². The lowest BCUT2D eigenvalue weighted by Crippen LogP contribution is -2.55. The van der Waals surface area contributed by atoms with Crippen LogP contribution in [0.15, 0.2) is 0 Å². The summed E-state index contributed by atoms with van der Waals surface area (Å²) >= 11 is 0. The molecule has 1 aliphatic heterocycles. The van der Waals surface area contributed by atoms with Crippen LogP contribution in [0.25, 0.3) is 0 Å². The number of carbonyl (C=O) groups excluding carboxylic acids is 2. The molecule has 0 aromatic carbocycles. The van der Waals surface area contributed by atoms with Gasteiger partial charge >= 0.3 is 0 Å². The van der Waals surface area contributed by atoms with Gasteiger partial charge in [-0.25, -0.2) is 0 Å². The highest BCUT2D eigenvalue weighted by Crippen LogP contribution is 2.61. The monoisotopic (exact) mass is 291 g/mol. The maximum absolute atomic E-state index is 12.1. The van der Waals surface area contributed by atoms with E-state index in [1.54, 1.807) is 6.92 Å². The third-order valence-electron chi connectivity index (χ3n) is 6.62. The smallest absolute Gasteiger partial charge is 0.232 e. The van der Waals surface area contributed by atoms with Gasteiger partial charge in [0.15, 0.2) is 0 Å². The molecule has 5 aliphatic rings. The minimum Gasteiger partial charge on any atom is -0.391 e. The molecule has 4 aliphatic carbocycles. The summed E-state index contributed by atoms with van der Waals surface area (Å²) in [6.45, 7) is 2.03. The van der Waals surface area contributed by atoms with Gasteiger partial charge in [-0.3, -0.25) is 14.5 Å². The molecule has 5 fully saturated rings. The number of rotatable bonds is 3. The fourth-order valence-electron chi connectivity index (χ4n) is 5.99. The van der Waals surface area contributed by atoms with Crippen LogP contribution in [0, 0.1) is 29.1 Å². The quantitative estimate of drug-likeness (QED) is 0.809. The van der Waals surface area contributed by atoms with E-state index in [2.05, 4.69) is 0 Å². The second kappa shape index (κ2) is 4.55. The van der Waals surface area contributed by atoms with Crippen LogP contribution in [-0.4, -0.2) is 34.5 Å². The molecule has 116 valence electrons. The first kappa shape index (κ1) is 13.7. The molecule has 0 spiro atoms. The van der Waals surface area contributed by atoms with Crippen LogP contribution in [0.1, 0.15) is 51.9 Å². The molecule has 21 heavy (non-hydrogen) atoms. The largest absolute Gasteiger partial charge is 0.391 e. The number of imide groups is 1. The number of amides is 2. The van der Waals surface area contributed by atoms with Crippen molar-refractivity contribution in [2.45, 2.75) is 58.0 Å². The number of likely N-dealkylation sites (tertiary alicyclic amines) is 1. The predicted molar refractivity (Wildman–Crippen MR) is 77.1 cm³/mol. The van der Waals surface area contributed by atoms with Gasteiger partial charge in [-0.15, -0.1) is 0 Å². The molecule has 0 radical (unpaired) electrons. The first-order valence-corrected chi connectivity index (χ1v) is 8.49. The zero-order valence-electron chi connectivity index (χ0n) is 12.8. The Balaban J connectivity index is 1.51. The number of aliphatic hydroxyl groups excluding tert-OH is 1. The number of aliphatic hydroxyl groups is 1. The number of carbonyl (C=O) groups is 2. The number of β-amino-alcohol motifs (C(OH)–C–C–N with tert-alkyl or cyclic N) is 1. The van der Waals surface area contributed by atoms with Gasteiger partial charge in [0, 0.05) is 12.3 Å². The summed E-state index contributed by atoms with van der Waals surface area (Å²) in [5, 5.41) is 10.9. The molecule has 4 bridgehead atoms. The van der Waals surface area contributed by atoms with E-state index in [1.807, 2.05) is 0 Å². The summed E-state index contributed by atoms with van der Waals surface area (Å²) < 4.78 is 0. The summed E-state index contributed by atoms with van der Waals surface area (Å²) in [6, 6.07) is 0. The van der Waals surface area contributed by atoms with Crippen LogP contribution >= 0.6 is 0 Å². The Morgan fingerprint density at radius 2 is 1.67 bits per heavy atom. The lowest BCUT2D eigenvalue weighted by molar-refractivity contribution is -0.150. The van der Waals surface area contributed by atoms with Crippen molar-refractivity contribution in [2.75, 3.05) is 6.54 Å². The van der Waals surface area contributed by atoms with E-state index < -0.39 is 6.10 Å². The zero-order chi connectivity index (χ0) is 14.8. The molecule has 4 saturated carbocycles. The highest BCUT2D eigenvalue weighted by atomic mass is 16.3. The lowest BCUT2D eigenvalue weighted by atomic mass is 9.48. The van der Waals surface area contributed by atoms with E-state index >= 15 is 0 Å². The zero-order valence-corrected chi connectivity index (χ0v) is 12.8.